The van der Waals surface area contributed by atoms with Crippen molar-refractivity contribution in [3.05, 3.63) is 16.4 Å². The van der Waals surface area contributed by atoms with E-state index in [0.29, 0.717) is 5.92 Å². The van der Waals surface area contributed by atoms with Crippen LogP contribution in [0, 0.1) is 0 Å². The molecule has 0 radical (unpaired) electrons. The zero-order valence-corrected chi connectivity index (χ0v) is 9.34. The summed E-state index contributed by atoms with van der Waals surface area (Å²) in [7, 11) is 1.97. The molecule has 0 saturated carbocycles. The first kappa shape index (κ1) is 9.21. The Morgan fingerprint density at radius 1 is 1.54 bits per heavy atom. The largest absolute Gasteiger partial charge is 0.317 e. The lowest BCUT2D eigenvalue weighted by molar-refractivity contribution is 0.459. The van der Waals surface area contributed by atoms with Gasteiger partial charge in [0.15, 0.2) is 0 Å². The summed E-state index contributed by atoms with van der Waals surface area (Å²) in [6.07, 6.45) is 4.44. The molecule has 1 saturated heterocycles. The molecule has 0 aromatic carbocycles. The summed E-state index contributed by atoms with van der Waals surface area (Å²) >= 11 is 3.57. The normalized spacial score (nSPS) is 19.2. The van der Waals surface area contributed by atoms with E-state index in [2.05, 4.69) is 26.3 Å². The van der Waals surface area contributed by atoms with E-state index < -0.39 is 0 Å². The van der Waals surface area contributed by atoms with Crippen molar-refractivity contribution in [2.45, 2.75) is 18.8 Å². The van der Waals surface area contributed by atoms with Crippen LogP contribution in [-0.4, -0.2) is 22.9 Å². The van der Waals surface area contributed by atoms with Gasteiger partial charge >= 0.3 is 0 Å². The van der Waals surface area contributed by atoms with Crippen molar-refractivity contribution in [3.63, 3.8) is 0 Å². The van der Waals surface area contributed by atoms with Crippen molar-refractivity contribution < 1.29 is 0 Å². The van der Waals surface area contributed by atoms with Gasteiger partial charge in [0.05, 0.1) is 6.20 Å². The van der Waals surface area contributed by atoms with E-state index in [1.54, 1.807) is 0 Å². The first-order valence-corrected chi connectivity index (χ1v) is 5.46. The second-order valence-electron chi connectivity index (χ2n) is 3.54. The van der Waals surface area contributed by atoms with Gasteiger partial charge in [-0.1, -0.05) is 0 Å². The topological polar surface area (TPSA) is 29.9 Å². The number of rotatable bonds is 1. The Bertz CT molecular complexity index is 289. The minimum Gasteiger partial charge on any atom is -0.317 e. The van der Waals surface area contributed by atoms with Gasteiger partial charge in [0.25, 0.3) is 0 Å². The Morgan fingerprint density at radius 2 is 2.23 bits per heavy atom. The van der Waals surface area contributed by atoms with Crippen LogP contribution in [0.25, 0.3) is 0 Å². The molecular formula is C9H14BrN3. The summed E-state index contributed by atoms with van der Waals surface area (Å²) in [6.45, 7) is 2.26. The van der Waals surface area contributed by atoms with Crippen molar-refractivity contribution in [1.29, 1.82) is 0 Å². The van der Waals surface area contributed by atoms with Crippen LogP contribution in [0.1, 0.15) is 24.3 Å². The monoisotopic (exact) mass is 243 g/mol. The summed E-state index contributed by atoms with van der Waals surface area (Å²) in [5.41, 5.74) is 1.36. The van der Waals surface area contributed by atoms with Crippen LogP contribution in [0.15, 0.2) is 10.8 Å². The lowest BCUT2D eigenvalue weighted by Crippen LogP contribution is -2.26. The van der Waals surface area contributed by atoms with Gasteiger partial charge in [0.1, 0.15) is 4.60 Å². The molecule has 2 rings (SSSR count). The minimum absolute atomic E-state index is 0.685. The van der Waals surface area contributed by atoms with E-state index in [4.69, 9.17) is 0 Å². The van der Waals surface area contributed by atoms with E-state index >= 15 is 0 Å². The molecule has 1 aliphatic rings. The highest BCUT2D eigenvalue weighted by Gasteiger charge is 2.19. The van der Waals surface area contributed by atoms with E-state index in [1.165, 1.54) is 18.4 Å². The molecule has 1 fully saturated rings. The smallest absolute Gasteiger partial charge is 0.107 e. The lowest BCUT2D eigenvalue weighted by atomic mass is 9.93. The fraction of sp³-hybridized carbons (Fsp3) is 0.667. The minimum atomic E-state index is 0.685. The number of hydrogen-bond donors (Lipinski definition) is 1. The molecule has 0 aliphatic carbocycles. The molecule has 3 nitrogen and oxygen atoms in total. The molecule has 1 aromatic heterocycles. The first-order chi connectivity index (χ1) is 6.29. The average Bonchev–Trinajstić information content (AvgIpc) is 2.49. The third kappa shape index (κ3) is 1.79. The van der Waals surface area contributed by atoms with Crippen molar-refractivity contribution >= 4 is 15.9 Å². The molecule has 1 N–H and O–H groups in total. The number of nitrogens with zero attached hydrogens (tertiary/aromatic N) is 2. The third-order valence-electron chi connectivity index (χ3n) is 2.67. The molecule has 1 aliphatic heterocycles. The van der Waals surface area contributed by atoms with Gasteiger partial charge in [0, 0.05) is 12.6 Å². The predicted molar refractivity (Wildman–Crippen MR) is 55.8 cm³/mol. The molecule has 13 heavy (non-hydrogen) atoms. The fourth-order valence-corrected chi connectivity index (χ4v) is 2.36. The van der Waals surface area contributed by atoms with Gasteiger partial charge in [-0.25, -0.2) is 0 Å². The van der Waals surface area contributed by atoms with Gasteiger partial charge in [-0.15, -0.1) is 0 Å². The number of nitrogens with one attached hydrogen (secondary N) is 1. The zero-order valence-electron chi connectivity index (χ0n) is 7.76. The Labute approximate surface area is 86.6 Å². The zero-order chi connectivity index (χ0) is 9.26. The Balaban J connectivity index is 2.18. The molecule has 0 spiro atoms. The maximum Gasteiger partial charge on any atom is 0.107 e. The van der Waals surface area contributed by atoms with E-state index in [9.17, 15) is 0 Å². The summed E-state index contributed by atoms with van der Waals surface area (Å²) in [6, 6.07) is 0. The van der Waals surface area contributed by atoms with Gasteiger partial charge in [-0.3, -0.25) is 4.68 Å². The Kier molecular flexibility index (Phi) is 2.69. The van der Waals surface area contributed by atoms with Crippen LogP contribution in [0.4, 0.5) is 0 Å². The number of piperidine rings is 1. The second-order valence-corrected chi connectivity index (χ2v) is 4.29. The highest BCUT2D eigenvalue weighted by molar-refractivity contribution is 9.10. The Hall–Kier alpha value is -0.350. The maximum absolute atomic E-state index is 4.24. The molecule has 0 atom stereocenters. The maximum atomic E-state index is 4.24. The quantitative estimate of drug-likeness (QED) is 0.814. The van der Waals surface area contributed by atoms with Crippen LogP contribution in [-0.2, 0) is 7.05 Å². The molecule has 72 valence electrons. The van der Waals surface area contributed by atoms with E-state index in [-0.39, 0.29) is 0 Å². The van der Waals surface area contributed by atoms with Crippen molar-refractivity contribution in [2.24, 2.45) is 7.05 Å². The molecular weight excluding hydrogens is 230 g/mol. The van der Waals surface area contributed by atoms with Crippen molar-refractivity contribution in [2.75, 3.05) is 13.1 Å². The van der Waals surface area contributed by atoms with Gasteiger partial charge in [0.2, 0.25) is 0 Å². The number of aryl methyl sites for hydroxylation is 1. The van der Waals surface area contributed by atoms with Crippen LogP contribution >= 0.6 is 15.9 Å². The first-order valence-electron chi connectivity index (χ1n) is 4.67. The third-order valence-corrected chi connectivity index (χ3v) is 3.64. The molecule has 2 heterocycles. The summed E-state index contributed by atoms with van der Waals surface area (Å²) in [5.74, 6) is 0.685. The second kappa shape index (κ2) is 3.80. The van der Waals surface area contributed by atoms with Gasteiger partial charge < -0.3 is 5.32 Å². The van der Waals surface area contributed by atoms with E-state index in [0.717, 1.165) is 17.7 Å². The van der Waals surface area contributed by atoms with Crippen LogP contribution in [0.5, 0.6) is 0 Å². The lowest BCUT2D eigenvalue weighted by Gasteiger charge is -2.21. The van der Waals surface area contributed by atoms with Crippen LogP contribution in [0.2, 0.25) is 0 Å². The fourth-order valence-electron chi connectivity index (χ4n) is 1.85. The van der Waals surface area contributed by atoms with E-state index in [1.807, 2.05) is 17.9 Å². The predicted octanol–water partition coefficient (Wildman–Crippen LogP) is 1.65. The highest BCUT2D eigenvalue weighted by Crippen LogP contribution is 2.30. The number of halogens is 1. The number of hydrogen-bond acceptors (Lipinski definition) is 2. The molecule has 0 bridgehead atoms. The Morgan fingerprint density at radius 3 is 2.77 bits per heavy atom. The summed E-state index contributed by atoms with van der Waals surface area (Å²) in [5, 5.41) is 7.61. The van der Waals surface area contributed by atoms with Gasteiger partial charge in [-0.05, 0) is 47.8 Å². The number of aromatic nitrogens is 2. The molecule has 0 unspecified atom stereocenters. The average molecular weight is 244 g/mol. The van der Waals surface area contributed by atoms with Crippen LogP contribution in [0.3, 0.4) is 0 Å². The van der Waals surface area contributed by atoms with Crippen LogP contribution < -0.4 is 5.32 Å². The molecule has 1 aromatic rings. The summed E-state index contributed by atoms with van der Waals surface area (Å²) < 4.78 is 3.02. The van der Waals surface area contributed by atoms with Gasteiger partial charge in [-0.2, -0.15) is 5.10 Å². The SMILES string of the molecule is Cn1ncc(C2CCNCC2)c1Br. The van der Waals surface area contributed by atoms with Crippen molar-refractivity contribution in [3.8, 4) is 0 Å². The standard InChI is InChI=1S/C9H14BrN3/c1-13-9(10)8(6-12-13)7-2-4-11-5-3-7/h6-7,11H,2-5H2,1H3. The molecule has 4 heteroatoms. The summed E-state index contributed by atoms with van der Waals surface area (Å²) in [4.78, 5) is 0. The highest BCUT2D eigenvalue weighted by atomic mass is 79.9. The van der Waals surface area contributed by atoms with Crippen molar-refractivity contribution in [1.82, 2.24) is 15.1 Å². The molecule has 0 amide bonds.